The van der Waals surface area contributed by atoms with Crippen LogP contribution in [0.4, 0.5) is 4.39 Å². The standard InChI is InChI=1S/C30H31ClFN5O3/c31-25-7-6-22(16-26(25)32)37-15-10-23-27(37)34-19-36(28(23)38)18-20-8-13-35(14-9-20)29(39)30(40)11-12-33-17-24(30)21-4-2-1-3-5-21/h1-7,10,15-16,19-20,24,33,40H,8-9,11-14,17-18H2/t24-,30+/m0/s1. The summed E-state index contributed by atoms with van der Waals surface area (Å²) in [5.41, 5.74) is 0.338. The summed E-state index contributed by atoms with van der Waals surface area (Å²) in [6.07, 6.45) is 5.06. The first-order chi connectivity index (χ1) is 19.3. The third-order valence-electron chi connectivity index (χ3n) is 8.39. The Morgan fingerprint density at radius 2 is 1.93 bits per heavy atom. The smallest absolute Gasteiger partial charge is 0.262 e. The highest BCUT2D eigenvalue weighted by molar-refractivity contribution is 6.30. The van der Waals surface area contributed by atoms with Crippen molar-refractivity contribution in [3.8, 4) is 5.69 Å². The van der Waals surface area contributed by atoms with Crippen LogP contribution in [0.25, 0.3) is 16.7 Å². The predicted molar refractivity (Wildman–Crippen MR) is 151 cm³/mol. The molecule has 208 valence electrons. The lowest BCUT2D eigenvalue weighted by Crippen LogP contribution is -2.59. The average Bonchev–Trinajstić information content (AvgIpc) is 3.42. The Morgan fingerprint density at radius 3 is 2.67 bits per heavy atom. The Kier molecular flexibility index (Phi) is 7.20. The van der Waals surface area contributed by atoms with E-state index in [4.69, 9.17) is 11.6 Å². The number of carbonyl (C=O) groups is 1. The van der Waals surface area contributed by atoms with Gasteiger partial charge in [-0.1, -0.05) is 41.9 Å². The van der Waals surface area contributed by atoms with Crippen LogP contribution in [0.3, 0.4) is 0 Å². The number of rotatable bonds is 5. The van der Waals surface area contributed by atoms with Gasteiger partial charge in [0.1, 0.15) is 5.82 Å². The molecule has 0 spiro atoms. The van der Waals surface area contributed by atoms with Crippen molar-refractivity contribution in [3.63, 3.8) is 0 Å². The topological polar surface area (TPSA) is 92.4 Å². The van der Waals surface area contributed by atoms with Gasteiger partial charge in [0.15, 0.2) is 11.2 Å². The monoisotopic (exact) mass is 563 g/mol. The van der Waals surface area contributed by atoms with E-state index < -0.39 is 11.4 Å². The molecule has 2 N–H and O–H groups in total. The van der Waals surface area contributed by atoms with Crippen LogP contribution in [0.15, 0.2) is 71.9 Å². The van der Waals surface area contributed by atoms with E-state index >= 15 is 0 Å². The van der Waals surface area contributed by atoms with Crippen LogP contribution >= 0.6 is 11.6 Å². The molecule has 0 unspecified atom stereocenters. The highest BCUT2D eigenvalue weighted by Crippen LogP contribution is 2.36. The zero-order valence-electron chi connectivity index (χ0n) is 22.0. The molecule has 0 aliphatic carbocycles. The summed E-state index contributed by atoms with van der Waals surface area (Å²) in [6.45, 7) is 2.70. The molecule has 4 heterocycles. The van der Waals surface area contributed by atoms with E-state index in [1.165, 1.54) is 18.5 Å². The maximum Gasteiger partial charge on any atom is 0.262 e. The lowest BCUT2D eigenvalue weighted by atomic mass is 9.76. The summed E-state index contributed by atoms with van der Waals surface area (Å²) >= 11 is 5.81. The van der Waals surface area contributed by atoms with Gasteiger partial charge in [-0.15, -0.1) is 0 Å². The summed E-state index contributed by atoms with van der Waals surface area (Å²) in [5, 5.41) is 15.4. The number of carbonyl (C=O) groups excluding carboxylic acids is 1. The third-order valence-corrected chi connectivity index (χ3v) is 8.69. The molecule has 2 fully saturated rings. The molecule has 8 nitrogen and oxygen atoms in total. The lowest BCUT2D eigenvalue weighted by molar-refractivity contribution is -0.158. The number of halogens is 2. The summed E-state index contributed by atoms with van der Waals surface area (Å²) in [6, 6.07) is 15.9. The van der Waals surface area contributed by atoms with Crippen molar-refractivity contribution in [1.82, 2.24) is 24.3 Å². The van der Waals surface area contributed by atoms with Gasteiger partial charge in [-0.2, -0.15) is 0 Å². The van der Waals surface area contributed by atoms with Crippen LogP contribution in [0, 0.1) is 11.7 Å². The van der Waals surface area contributed by atoms with Gasteiger partial charge in [-0.25, -0.2) is 9.37 Å². The number of aromatic nitrogens is 3. The second-order valence-corrected chi connectivity index (χ2v) is 11.2. The Balaban J connectivity index is 1.14. The first-order valence-electron chi connectivity index (χ1n) is 13.6. The van der Waals surface area contributed by atoms with E-state index in [2.05, 4.69) is 10.3 Å². The minimum Gasteiger partial charge on any atom is -0.379 e. The van der Waals surface area contributed by atoms with Gasteiger partial charge in [-0.3, -0.25) is 14.2 Å². The molecule has 6 rings (SSSR count). The molecule has 1 amide bonds. The van der Waals surface area contributed by atoms with Crippen LogP contribution in [-0.2, 0) is 11.3 Å². The molecule has 4 aromatic rings. The van der Waals surface area contributed by atoms with Gasteiger partial charge < -0.3 is 19.9 Å². The Bertz CT molecular complexity index is 1600. The van der Waals surface area contributed by atoms with Crippen LogP contribution in [-0.4, -0.2) is 61.8 Å². The highest BCUT2D eigenvalue weighted by Gasteiger charge is 2.48. The molecule has 0 bridgehead atoms. The summed E-state index contributed by atoms with van der Waals surface area (Å²) < 4.78 is 17.3. The van der Waals surface area contributed by atoms with Gasteiger partial charge >= 0.3 is 0 Å². The van der Waals surface area contributed by atoms with Gasteiger partial charge in [0.25, 0.3) is 11.5 Å². The van der Waals surface area contributed by atoms with Gasteiger partial charge in [0, 0.05) is 38.3 Å². The number of aliphatic hydroxyl groups is 1. The van der Waals surface area contributed by atoms with Crippen LogP contribution in [0.1, 0.15) is 30.7 Å². The van der Waals surface area contributed by atoms with Crippen molar-refractivity contribution in [2.45, 2.75) is 37.3 Å². The second-order valence-electron chi connectivity index (χ2n) is 10.8. The molecule has 0 saturated carbocycles. The molecular formula is C30H31ClFN5O3. The summed E-state index contributed by atoms with van der Waals surface area (Å²) in [4.78, 5) is 33.2. The number of fused-ring (bicyclic) bond motifs is 1. The molecule has 2 aromatic heterocycles. The number of hydrogen-bond donors (Lipinski definition) is 2. The van der Waals surface area contributed by atoms with E-state index in [0.29, 0.717) is 55.9 Å². The fourth-order valence-electron chi connectivity index (χ4n) is 6.10. The summed E-state index contributed by atoms with van der Waals surface area (Å²) in [5.74, 6) is -0.856. The number of likely N-dealkylation sites (tertiary alicyclic amines) is 1. The average molecular weight is 564 g/mol. The maximum atomic E-state index is 14.0. The van der Waals surface area contributed by atoms with E-state index in [9.17, 15) is 19.1 Å². The Hall–Kier alpha value is -3.53. The first-order valence-corrected chi connectivity index (χ1v) is 14.0. The fourth-order valence-corrected chi connectivity index (χ4v) is 6.22. The van der Waals surface area contributed by atoms with Gasteiger partial charge in [0.2, 0.25) is 0 Å². The molecule has 2 aliphatic heterocycles. The van der Waals surface area contributed by atoms with Crippen molar-refractivity contribution in [3.05, 3.63) is 93.9 Å². The normalized spacial score (nSPS) is 22.1. The molecule has 2 aliphatic rings. The second kappa shape index (κ2) is 10.8. The van der Waals surface area contributed by atoms with Crippen molar-refractivity contribution < 1.29 is 14.3 Å². The maximum absolute atomic E-state index is 14.0. The molecule has 10 heteroatoms. The SMILES string of the molecule is O=C(N1CCC(Cn2cnc3c(ccn3-c3ccc(Cl)c(F)c3)c2=O)CC1)[C@@]1(O)CCNC[C@H]1c1ccccc1. The minimum absolute atomic E-state index is 0.0317. The van der Waals surface area contributed by atoms with Crippen molar-refractivity contribution in [2.75, 3.05) is 26.2 Å². The number of benzene rings is 2. The molecule has 2 saturated heterocycles. The quantitative estimate of drug-likeness (QED) is 0.386. The van der Waals surface area contributed by atoms with E-state index in [-0.39, 0.29) is 28.3 Å². The molecule has 2 atom stereocenters. The zero-order valence-corrected chi connectivity index (χ0v) is 22.7. The number of nitrogens with zero attached hydrogens (tertiary/aromatic N) is 4. The lowest BCUT2D eigenvalue weighted by Gasteiger charge is -2.43. The van der Waals surface area contributed by atoms with Crippen LogP contribution in [0.2, 0.25) is 5.02 Å². The third kappa shape index (κ3) is 4.82. The van der Waals surface area contributed by atoms with Crippen LogP contribution in [0.5, 0.6) is 0 Å². The fraction of sp³-hybridized carbons (Fsp3) is 0.367. The van der Waals surface area contributed by atoms with Crippen molar-refractivity contribution in [2.24, 2.45) is 5.92 Å². The highest BCUT2D eigenvalue weighted by atomic mass is 35.5. The number of amides is 1. The summed E-state index contributed by atoms with van der Waals surface area (Å²) in [7, 11) is 0. The van der Waals surface area contributed by atoms with E-state index in [1.807, 2.05) is 30.3 Å². The number of hydrogen-bond acceptors (Lipinski definition) is 5. The van der Waals surface area contributed by atoms with E-state index in [0.717, 1.165) is 18.4 Å². The Labute approximate surface area is 236 Å². The van der Waals surface area contributed by atoms with E-state index in [1.54, 1.807) is 32.4 Å². The first kappa shape index (κ1) is 26.7. The van der Waals surface area contributed by atoms with Gasteiger partial charge in [-0.05, 0) is 61.6 Å². The predicted octanol–water partition coefficient (Wildman–Crippen LogP) is 3.73. The Morgan fingerprint density at radius 1 is 1.15 bits per heavy atom. The molecule has 40 heavy (non-hydrogen) atoms. The number of piperidine rings is 2. The largest absolute Gasteiger partial charge is 0.379 e. The minimum atomic E-state index is -1.44. The van der Waals surface area contributed by atoms with Crippen molar-refractivity contribution >= 4 is 28.5 Å². The molecule has 0 radical (unpaired) electrons. The number of nitrogens with one attached hydrogen (secondary N) is 1. The molecular weight excluding hydrogens is 533 g/mol. The van der Waals surface area contributed by atoms with Gasteiger partial charge in [0.05, 0.1) is 22.4 Å². The van der Waals surface area contributed by atoms with Crippen LogP contribution < -0.4 is 10.9 Å². The zero-order chi connectivity index (χ0) is 27.9. The molecule has 2 aromatic carbocycles. The van der Waals surface area contributed by atoms with Crippen molar-refractivity contribution in [1.29, 1.82) is 0 Å².